The van der Waals surface area contributed by atoms with Crippen LogP contribution in [-0.2, 0) is 0 Å². The van der Waals surface area contributed by atoms with E-state index in [1.165, 1.54) is 10.8 Å². The molecular weight excluding hydrogens is 585 g/mol. The Morgan fingerprint density at radius 3 is 1.88 bits per heavy atom. The van der Waals surface area contributed by atoms with Gasteiger partial charge in [-0.05, 0) is 53.9 Å². The molecule has 8 rings (SSSR count). The maximum absolute atomic E-state index is 5.18. The van der Waals surface area contributed by atoms with Crippen LogP contribution in [0.4, 0.5) is 0 Å². The van der Waals surface area contributed by atoms with Gasteiger partial charge in [0.25, 0.3) is 0 Å². The molecule has 0 unspecified atom stereocenters. The molecule has 228 valence electrons. The van der Waals surface area contributed by atoms with Crippen molar-refractivity contribution in [2.24, 2.45) is 0 Å². The van der Waals surface area contributed by atoms with Crippen molar-refractivity contribution in [3.05, 3.63) is 176 Å². The lowest BCUT2D eigenvalue weighted by Gasteiger charge is -2.18. The number of aromatic nitrogens is 4. The maximum atomic E-state index is 5.18. The van der Waals surface area contributed by atoms with E-state index in [-0.39, 0.29) is 0 Å². The van der Waals surface area contributed by atoms with E-state index >= 15 is 0 Å². The molecular formula is C44H32N4. The third-order valence-corrected chi connectivity index (χ3v) is 8.83. The molecule has 4 nitrogen and oxygen atoms in total. The molecule has 0 aliphatic rings. The van der Waals surface area contributed by atoms with Crippen LogP contribution in [0.2, 0.25) is 0 Å². The van der Waals surface area contributed by atoms with Crippen molar-refractivity contribution < 1.29 is 0 Å². The van der Waals surface area contributed by atoms with Crippen LogP contribution in [0.5, 0.6) is 0 Å². The summed E-state index contributed by atoms with van der Waals surface area (Å²) >= 11 is 0. The third kappa shape index (κ3) is 5.20. The van der Waals surface area contributed by atoms with Gasteiger partial charge in [0.05, 0.1) is 22.4 Å². The zero-order chi connectivity index (χ0) is 32.5. The van der Waals surface area contributed by atoms with E-state index in [0.29, 0.717) is 5.82 Å². The van der Waals surface area contributed by atoms with Crippen LogP contribution in [0.15, 0.2) is 165 Å². The van der Waals surface area contributed by atoms with Crippen LogP contribution in [0.25, 0.3) is 78.6 Å². The molecule has 0 bridgehead atoms. The quantitative estimate of drug-likeness (QED) is 0.179. The Balaban J connectivity index is 1.30. The molecule has 0 atom stereocenters. The van der Waals surface area contributed by atoms with Crippen molar-refractivity contribution in [2.45, 2.75) is 6.92 Å². The smallest absolute Gasteiger partial charge is 0.160 e. The van der Waals surface area contributed by atoms with E-state index in [0.717, 1.165) is 67.1 Å². The molecule has 3 aromatic heterocycles. The van der Waals surface area contributed by atoms with Crippen LogP contribution in [0.3, 0.4) is 0 Å². The lowest BCUT2D eigenvalue weighted by Crippen LogP contribution is -2.02. The highest BCUT2D eigenvalue weighted by atomic mass is 15.0. The van der Waals surface area contributed by atoms with E-state index in [9.17, 15) is 0 Å². The molecule has 0 radical (unpaired) electrons. The van der Waals surface area contributed by atoms with Crippen LogP contribution < -0.4 is 0 Å². The summed E-state index contributed by atoms with van der Waals surface area (Å²) in [7, 11) is 0. The van der Waals surface area contributed by atoms with Crippen molar-refractivity contribution in [3.63, 3.8) is 0 Å². The van der Waals surface area contributed by atoms with Gasteiger partial charge in [-0.3, -0.25) is 4.98 Å². The monoisotopic (exact) mass is 616 g/mol. The first-order valence-corrected chi connectivity index (χ1v) is 16.1. The van der Waals surface area contributed by atoms with Crippen LogP contribution in [0, 0.1) is 0 Å². The fraction of sp³-hybridized carbons (Fsp3) is 0.0227. The van der Waals surface area contributed by atoms with Crippen LogP contribution >= 0.6 is 0 Å². The highest BCUT2D eigenvalue weighted by Gasteiger charge is 2.19. The Morgan fingerprint density at radius 2 is 1.19 bits per heavy atom. The van der Waals surface area contributed by atoms with Crippen molar-refractivity contribution in [3.8, 4) is 45.0 Å². The first kappa shape index (κ1) is 29.0. The van der Waals surface area contributed by atoms with Gasteiger partial charge in [-0.2, -0.15) is 0 Å². The molecule has 0 saturated heterocycles. The molecule has 4 heteroatoms. The van der Waals surface area contributed by atoms with Gasteiger partial charge in [0, 0.05) is 51.1 Å². The number of fused-ring (bicyclic) bond motifs is 3. The minimum absolute atomic E-state index is 0.680. The minimum Gasteiger partial charge on any atom is -0.309 e. The second-order valence-electron chi connectivity index (χ2n) is 11.7. The molecule has 48 heavy (non-hydrogen) atoms. The Bertz CT molecular complexity index is 2400. The van der Waals surface area contributed by atoms with Crippen LogP contribution in [0.1, 0.15) is 18.1 Å². The van der Waals surface area contributed by atoms with Gasteiger partial charge < -0.3 is 4.57 Å². The molecule has 0 spiro atoms. The van der Waals surface area contributed by atoms with Crippen LogP contribution in [-0.4, -0.2) is 19.5 Å². The number of allylic oxidation sites excluding steroid dienone is 1. The van der Waals surface area contributed by atoms with Gasteiger partial charge in [0.1, 0.15) is 0 Å². The summed E-state index contributed by atoms with van der Waals surface area (Å²) in [6, 6.07) is 48.3. The number of hydrogen-bond donors (Lipinski definition) is 0. The molecule has 0 aliphatic carbocycles. The molecule has 0 amide bonds. The minimum atomic E-state index is 0.680. The largest absolute Gasteiger partial charge is 0.309 e. The van der Waals surface area contributed by atoms with Crippen molar-refractivity contribution >= 4 is 33.6 Å². The molecule has 0 saturated carbocycles. The van der Waals surface area contributed by atoms with E-state index in [2.05, 4.69) is 138 Å². The average Bonchev–Trinajstić information content (AvgIpc) is 3.50. The summed E-state index contributed by atoms with van der Waals surface area (Å²) in [6.45, 7) is 6.75. The zero-order valence-corrected chi connectivity index (χ0v) is 26.6. The third-order valence-electron chi connectivity index (χ3n) is 8.83. The molecule has 0 aliphatic heterocycles. The van der Waals surface area contributed by atoms with Gasteiger partial charge in [0.15, 0.2) is 5.82 Å². The van der Waals surface area contributed by atoms with Gasteiger partial charge >= 0.3 is 0 Å². The summed E-state index contributed by atoms with van der Waals surface area (Å²) in [5, 5.41) is 2.42. The molecule has 5 aromatic carbocycles. The normalized spacial score (nSPS) is 11.4. The second-order valence-corrected chi connectivity index (χ2v) is 11.7. The Labute approximate surface area is 280 Å². The average molecular weight is 617 g/mol. The number of para-hydroxylation sites is 2. The summed E-state index contributed by atoms with van der Waals surface area (Å²) in [5.74, 6) is 0.680. The highest BCUT2D eigenvalue weighted by molar-refractivity contribution is 6.10. The summed E-state index contributed by atoms with van der Waals surface area (Å²) in [5.41, 5.74) is 12.2. The second kappa shape index (κ2) is 12.4. The predicted octanol–water partition coefficient (Wildman–Crippen LogP) is 11.2. The summed E-state index contributed by atoms with van der Waals surface area (Å²) in [6.07, 6.45) is 7.88. The standard InChI is InChI=1S/C44H32N4/c1-3-12-36-35(30(2)48-42-19-9-7-15-38(42)39-16-8-10-20-43(39)48)17-11-18-37(36)41-29-40(46-44(47-41)34-13-5-4-6-14-34)33-23-21-31(22-24-33)32-25-27-45-28-26-32/h3-29H,2H2,1H3/b12-3-. The lowest BCUT2D eigenvalue weighted by atomic mass is 9.95. The fourth-order valence-corrected chi connectivity index (χ4v) is 6.55. The lowest BCUT2D eigenvalue weighted by molar-refractivity contribution is 1.18. The predicted molar refractivity (Wildman–Crippen MR) is 200 cm³/mol. The number of pyridine rings is 1. The van der Waals surface area contributed by atoms with Gasteiger partial charge in [-0.25, -0.2) is 9.97 Å². The number of nitrogens with zero attached hydrogens (tertiary/aromatic N) is 4. The van der Waals surface area contributed by atoms with E-state index in [4.69, 9.17) is 16.5 Å². The molecule has 8 aromatic rings. The molecule has 0 N–H and O–H groups in total. The zero-order valence-electron chi connectivity index (χ0n) is 26.6. The maximum Gasteiger partial charge on any atom is 0.160 e. The Hall–Kier alpha value is -6.39. The van der Waals surface area contributed by atoms with Crippen molar-refractivity contribution in [1.82, 2.24) is 19.5 Å². The SMILES string of the molecule is C=C(c1cccc(-c2cc(-c3ccc(-c4ccncc4)cc3)nc(-c3ccccc3)n2)c1/C=C\C)n1c2ccccc2c2ccccc21. The molecule has 3 heterocycles. The topological polar surface area (TPSA) is 43.6 Å². The number of rotatable bonds is 7. The Kier molecular flexibility index (Phi) is 7.52. The number of hydrogen-bond acceptors (Lipinski definition) is 3. The van der Waals surface area contributed by atoms with Crippen molar-refractivity contribution in [1.29, 1.82) is 0 Å². The molecule has 0 fully saturated rings. The van der Waals surface area contributed by atoms with E-state index in [1.807, 2.05) is 42.7 Å². The van der Waals surface area contributed by atoms with Crippen molar-refractivity contribution in [2.75, 3.05) is 0 Å². The van der Waals surface area contributed by atoms with Gasteiger partial charge in [-0.15, -0.1) is 0 Å². The summed E-state index contributed by atoms with van der Waals surface area (Å²) < 4.78 is 2.28. The Morgan fingerprint density at radius 1 is 0.583 bits per heavy atom. The first-order chi connectivity index (χ1) is 23.7. The highest BCUT2D eigenvalue weighted by Crippen LogP contribution is 2.38. The first-order valence-electron chi connectivity index (χ1n) is 16.1. The fourth-order valence-electron chi connectivity index (χ4n) is 6.55. The summed E-state index contributed by atoms with van der Waals surface area (Å²) in [4.78, 5) is 14.4. The van der Waals surface area contributed by atoms with Gasteiger partial charge in [0.2, 0.25) is 0 Å². The van der Waals surface area contributed by atoms with Gasteiger partial charge in [-0.1, -0.05) is 128 Å². The van der Waals surface area contributed by atoms with E-state index in [1.54, 1.807) is 0 Å². The van der Waals surface area contributed by atoms with E-state index < -0.39 is 0 Å². The number of benzene rings is 5.